The first-order valence-electron chi connectivity index (χ1n) is 7.13. The van der Waals surface area contributed by atoms with Crippen LogP contribution in [0.2, 0.25) is 5.02 Å². The van der Waals surface area contributed by atoms with Gasteiger partial charge in [0.2, 0.25) is 0 Å². The normalized spacial score (nSPS) is 13.7. The maximum Gasteiger partial charge on any atom is 0.262 e. The van der Waals surface area contributed by atoms with E-state index in [2.05, 4.69) is 15.4 Å². The van der Waals surface area contributed by atoms with Gasteiger partial charge in [-0.25, -0.2) is 4.98 Å². The van der Waals surface area contributed by atoms with E-state index in [1.165, 1.54) is 4.52 Å². The fourth-order valence-corrected chi connectivity index (χ4v) is 2.58. The molecule has 23 heavy (non-hydrogen) atoms. The van der Waals surface area contributed by atoms with Crippen molar-refractivity contribution < 1.29 is 9.90 Å². The summed E-state index contributed by atoms with van der Waals surface area (Å²) in [6, 6.07) is 9.98. The van der Waals surface area contributed by atoms with Gasteiger partial charge >= 0.3 is 0 Å². The molecule has 6 nitrogen and oxygen atoms in total. The van der Waals surface area contributed by atoms with Crippen molar-refractivity contribution in [3.8, 4) is 0 Å². The second kappa shape index (κ2) is 5.98. The molecule has 0 spiro atoms. The van der Waals surface area contributed by atoms with E-state index in [-0.39, 0.29) is 6.42 Å². The molecule has 2 N–H and O–H groups in total. The zero-order valence-electron chi connectivity index (χ0n) is 12.4. The summed E-state index contributed by atoms with van der Waals surface area (Å²) in [5.74, 6) is -0.121. The standard InChI is InChI=1S/C16H15ClN4O2/c1-2-16(23,11-4-3-5-12(17)10-11)15(22)20-14-6-8-18-13-7-9-19-21(13)14/h3-10,23H,2H2,1H3,(H,20,22)/t16-/m0/s1. The van der Waals surface area contributed by atoms with Crippen LogP contribution in [0.1, 0.15) is 18.9 Å². The Morgan fingerprint density at radius 1 is 1.35 bits per heavy atom. The molecule has 0 aliphatic rings. The highest BCUT2D eigenvalue weighted by Crippen LogP contribution is 2.28. The summed E-state index contributed by atoms with van der Waals surface area (Å²) in [6.45, 7) is 1.73. The van der Waals surface area contributed by atoms with Gasteiger partial charge < -0.3 is 10.4 Å². The molecule has 1 amide bonds. The van der Waals surface area contributed by atoms with Gasteiger partial charge in [0.05, 0.1) is 6.20 Å². The van der Waals surface area contributed by atoms with Gasteiger partial charge in [0.25, 0.3) is 5.91 Å². The van der Waals surface area contributed by atoms with Crippen LogP contribution in [-0.4, -0.2) is 25.6 Å². The third-order valence-electron chi connectivity index (χ3n) is 3.72. The maximum absolute atomic E-state index is 12.7. The zero-order valence-corrected chi connectivity index (χ0v) is 13.2. The summed E-state index contributed by atoms with van der Waals surface area (Å²) in [4.78, 5) is 16.8. The number of carbonyl (C=O) groups excluding carboxylic acids is 1. The fraction of sp³-hybridized carbons (Fsp3) is 0.188. The minimum atomic E-state index is -1.69. The summed E-state index contributed by atoms with van der Waals surface area (Å²) >= 11 is 5.97. The molecule has 0 saturated heterocycles. The molecule has 0 saturated carbocycles. The first kappa shape index (κ1) is 15.5. The predicted octanol–water partition coefficient (Wildman–Crippen LogP) is 2.62. The lowest BCUT2D eigenvalue weighted by Gasteiger charge is -2.26. The Morgan fingerprint density at radius 3 is 2.91 bits per heavy atom. The third-order valence-corrected chi connectivity index (χ3v) is 3.96. The monoisotopic (exact) mass is 330 g/mol. The predicted molar refractivity (Wildman–Crippen MR) is 87.3 cm³/mol. The van der Waals surface area contributed by atoms with Crippen LogP contribution in [0.25, 0.3) is 5.65 Å². The minimum Gasteiger partial charge on any atom is -0.375 e. The fourth-order valence-electron chi connectivity index (χ4n) is 2.39. The number of hydrogen-bond acceptors (Lipinski definition) is 4. The topological polar surface area (TPSA) is 79.5 Å². The second-order valence-electron chi connectivity index (χ2n) is 5.11. The number of fused-ring (bicyclic) bond motifs is 1. The van der Waals surface area contributed by atoms with Crippen LogP contribution in [-0.2, 0) is 10.4 Å². The van der Waals surface area contributed by atoms with Crippen molar-refractivity contribution in [2.24, 2.45) is 0 Å². The van der Waals surface area contributed by atoms with Gasteiger partial charge in [0.1, 0.15) is 5.82 Å². The number of nitrogens with one attached hydrogen (secondary N) is 1. The van der Waals surface area contributed by atoms with E-state index < -0.39 is 11.5 Å². The molecular formula is C16H15ClN4O2. The van der Waals surface area contributed by atoms with Gasteiger partial charge in [-0.2, -0.15) is 9.61 Å². The Balaban J connectivity index is 1.96. The highest BCUT2D eigenvalue weighted by Gasteiger charge is 2.36. The van der Waals surface area contributed by atoms with Gasteiger partial charge in [-0.3, -0.25) is 4.79 Å². The van der Waals surface area contributed by atoms with Gasteiger partial charge in [-0.05, 0) is 30.2 Å². The van der Waals surface area contributed by atoms with Crippen LogP contribution in [0.15, 0.2) is 48.8 Å². The van der Waals surface area contributed by atoms with E-state index >= 15 is 0 Å². The van der Waals surface area contributed by atoms with Gasteiger partial charge in [-0.1, -0.05) is 30.7 Å². The van der Waals surface area contributed by atoms with Crippen molar-refractivity contribution in [3.05, 3.63) is 59.4 Å². The number of carbonyl (C=O) groups is 1. The molecule has 7 heteroatoms. The lowest BCUT2D eigenvalue weighted by atomic mass is 9.90. The highest BCUT2D eigenvalue weighted by molar-refractivity contribution is 6.30. The van der Waals surface area contributed by atoms with Crippen molar-refractivity contribution in [2.75, 3.05) is 5.32 Å². The largest absolute Gasteiger partial charge is 0.375 e. The van der Waals surface area contributed by atoms with Crippen molar-refractivity contribution in [1.82, 2.24) is 14.6 Å². The number of aliphatic hydroxyl groups is 1. The summed E-state index contributed by atoms with van der Waals surface area (Å²) in [5.41, 5.74) is -0.644. The van der Waals surface area contributed by atoms with Crippen LogP contribution >= 0.6 is 11.6 Å². The van der Waals surface area contributed by atoms with Gasteiger partial charge in [0.15, 0.2) is 11.2 Å². The lowest BCUT2D eigenvalue weighted by molar-refractivity contribution is -0.135. The lowest BCUT2D eigenvalue weighted by Crippen LogP contribution is -2.40. The van der Waals surface area contributed by atoms with E-state index in [9.17, 15) is 9.90 Å². The molecule has 0 radical (unpaired) electrons. The van der Waals surface area contributed by atoms with E-state index in [0.29, 0.717) is 22.1 Å². The molecule has 3 rings (SSSR count). The number of halogens is 1. The van der Waals surface area contributed by atoms with E-state index in [1.807, 2.05) is 0 Å². The summed E-state index contributed by atoms with van der Waals surface area (Å²) in [7, 11) is 0. The van der Waals surface area contributed by atoms with Crippen molar-refractivity contribution in [3.63, 3.8) is 0 Å². The second-order valence-corrected chi connectivity index (χ2v) is 5.55. The molecule has 118 valence electrons. The van der Waals surface area contributed by atoms with Crippen LogP contribution in [0.3, 0.4) is 0 Å². The first-order chi connectivity index (χ1) is 11.0. The Kier molecular flexibility index (Phi) is 4.02. The van der Waals surface area contributed by atoms with E-state index in [1.54, 1.807) is 55.7 Å². The molecule has 0 unspecified atom stereocenters. The van der Waals surface area contributed by atoms with Crippen molar-refractivity contribution >= 4 is 29.0 Å². The number of rotatable bonds is 4. The first-order valence-corrected chi connectivity index (χ1v) is 7.51. The van der Waals surface area contributed by atoms with Crippen LogP contribution in [0.4, 0.5) is 5.82 Å². The van der Waals surface area contributed by atoms with E-state index in [0.717, 1.165) is 0 Å². The quantitative estimate of drug-likeness (QED) is 0.770. The van der Waals surface area contributed by atoms with Crippen LogP contribution in [0, 0.1) is 0 Å². The number of nitrogens with zero attached hydrogens (tertiary/aromatic N) is 3. The van der Waals surface area contributed by atoms with Crippen molar-refractivity contribution in [1.29, 1.82) is 0 Å². The Labute approximate surface area is 137 Å². The highest BCUT2D eigenvalue weighted by atomic mass is 35.5. The zero-order chi connectivity index (χ0) is 16.4. The number of hydrogen-bond donors (Lipinski definition) is 2. The maximum atomic E-state index is 12.7. The number of aromatic nitrogens is 3. The van der Waals surface area contributed by atoms with Crippen molar-refractivity contribution in [2.45, 2.75) is 18.9 Å². The van der Waals surface area contributed by atoms with Crippen LogP contribution in [0.5, 0.6) is 0 Å². The van der Waals surface area contributed by atoms with Gasteiger partial charge in [-0.15, -0.1) is 0 Å². The number of amides is 1. The molecular weight excluding hydrogens is 316 g/mol. The van der Waals surface area contributed by atoms with Gasteiger partial charge in [0, 0.05) is 17.3 Å². The summed E-state index contributed by atoms with van der Waals surface area (Å²) in [6.07, 6.45) is 3.35. The molecule has 0 bridgehead atoms. The Hall–Kier alpha value is -2.44. The molecule has 2 heterocycles. The SMILES string of the molecule is CC[C@@](O)(C(=O)Nc1ccnc2ccnn12)c1cccc(Cl)c1. The summed E-state index contributed by atoms with van der Waals surface area (Å²) in [5, 5.41) is 18.1. The van der Waals surface area contributed by atoms with Crippen LogP contribution < -0.4 is 5.32 Å². The summed E-state index contributed by atoms with van der Waals surface area (Å²) < 4.78 is 1.49. The molecule has 1 atom stereocenters. The molecule has 0 aliphatic carbocycles. The van der Waals surface area contributed by atoms with E-state index in [4.69, 9.17) is 11.6 Å². The Morgan fingerprint density at radius 2 is 2.17 bits per heavy atom. The molecule has 0 aliphatic heterocycles. The average molecular weight is 331 g/mol. The smallest absolute Gasteiger partial charge is 0.262 e. The number of benzene rings is 1. The number of anilines is 1. The molecule has 3 aromatic rings. The minimum absolute atomic E-state index is 0.201. The average Bonchev–Trinajstić information content (AvgIpc) is 3.03. The molecule has 1 aromatic carbocycles. The Bertz CT molecular complexity index is 864. The molecule has 0 fully saturated rings. The third kappa shape index (κ3) is 2.78. The molecule has 2 aromatic heterocycles.